The number of hydrogen-bond acceptors (Lipinski definition) is 3. The van der Waals surface area contributed by atoms with Crippen LogP contribution in [0.4, 0.5) is 0 Å². The molecule has 44 heavy (non-hydrogen) atoms. The van der Waals surface area contributed by atoms with Gasteiger partial charge < -0.3 is 0 Å². The van der Waals surface area contributed by atoms with Crippen LogP contribution in [0.5, 0.6) is 0 Å². The van der Waals surface area contributed by atoms with E-state index in [1.807, 2.05) is 17.4 Å². The fourth-order valence-corrected chi connectivity index (χ4v) is 7.45. The van der Waals surface area contributed by atoms with Crippen molar-refractivity contribution >= 4 is 53.3 Å². The first-order valence-electron chi connectivity index (χ1n) is 14.8. The summed E-state index contributed by atoms with van der Waals surface area (Å²) in [5, 5.41) is 4.99. The van der Waals surface area contributed by atoms with Crippen molar-refractivity contribution in [2.75, 3.05) is 0 Å². The maximum absolute atomic E-state index is 5.28. The van der Waals surface area contributed by atoms with Crippen molar-refractivity contribution in [1.29, 1.82) is 0 Å². The molecule has 0 aliphatic carbocycles. The van der Waals surface area contributed by atoms with Crippen molar-refractivity contribution in [3.63, 3.8) is 0 Å². The highest BCUT2D eigenvalue weighted by atomic mass is 32.1. The molecule has 0 unspecified atom stereocenters. The van der Waals surface area contributed by atoms with Gasteiger partial charge in [-0.1, -0.05) is 115 Å². The van der Waals surface area contributed by atoms with Gasteiger partial charge in [0.2, 0.25) is 5.95 Å². The third-order valence-electron chi connectivity index (χ3n) is 8.42. The monoisotopic (exact) mass is 579 g/mol. The van der Waals surface area contributed by atoms with E-state index in [2.05, 4.69) is 150 Å². The Bertz CT molecular complexity index is 2490. The zero-order valence-corrected chi connectivity index (χ0v) is 24.5. The lowest BCUT2D eigenvalue weighted by atomic mass is 10.0. The van der Waals surface area contributed by atoms with Crippen molar-refractivity contribution in [1.82, 2.24) is 14.5 Å². The van der Waals surface area contributed by atoms with E-state index in [0.717, 1.165) is 39.1 Å². The summed E-state index contributed by atoms with van der Waals surface area (Å²) in [6, 6.07) is 53.6. The first kappa shape index (κ1) is 25.0. The molecule has 0 N–H and O–H groups in total. The Morgan fingerprint density at radius 2 is 1.02 bits per heavy atom. The maximum atomic E-state index is 5.28. The van der Waals surface area contributed by atoms with Crippen LogP contribution in [0.2, 0.25) is 0 Å². The van der Waals surface area contributed by atoms with Crippen molar-refractivity contribution in [3.8, 4) is 39.6 Å². The van der Waals surface area contributed by atoms with Crippen molar-refractivity contribution in [3.05, 3.63) is 152 Å². The minimum atomic E-state index is 0.665. The molecule has 0 spiro atoms. The molecule has 4 heteroatoms. The Kier molecular flexibility index (Phi) is 5.68. The molecular formula is C40H25N3S. The van der Waals surface area contributed by atoms with Crippen LogP contribution in [0.3, 0.4) is 0 Å². The van der Waals surface area contributed by atoms with Gasteiger partial charge in [-0.15, -0.1) is 11.3 Å². The second-order valence-corrected chi connectivity index (χ2v) is 12.2. The molecule has 0 atom stereocenters. The van der Waals surface area contributed by atoms with Gasteiger partial charge in [-0.05, 0) is 47.5 Å². The molecule has 6 aromatic carbocycles. The van der Waals surface area contributed by atoms with Gasteiger partial charge >= 0.3 is 0 Å². The lowest BCUT2D eigenvalue weighted by molar-refractivity contribution is 0.996. The van der Waals surface area contributed by atoms with Crippen LogP contribution in [0.15, 0.2) is 152 Å². The number of rotatable bonds is 4. The Hall–Kier alpha value is -5.58. The first-order valence-corrected chi connectivity index (χ1v) is 15.6. The van der Waals surface area contributed by atoms with E-state index in [0.29, 0.717) is 5.95 Å². The summed E-state index contributed by atoms with van der Waals surface area (Å²) in [7, 11) is 0. The molecule has 206 valence electrons. The highest BCUT2D eigenvalue weighted by Crippen LogP contribution is 2.40. The van der Waals surface area contributed by atoms with Crippen molar-refractivity contribution < 1.29 is 0 Å². The molecule has 0 radical (unpaired) electrons. The van der Waals surface area contributed by atoms with Crippen LogP contribution < -0.4 is 0 Å². The predicted molar refractivity (Wildman–Crippen MR) is 186 cm³/mol. The van der Waals surface area contributed by atoms with Gasteiger partial charge in [0, 0.05) is 42.1 Å². The normalized spacial score (nSPS) is 11.6. The molecule has 0 aliphatic rings. The van der Waals surface area contributed by atoms with Gasteiger partial charge in [-0.25, -0.2) is 9.97 Å². The molecule has 9 rings (SSSR count). The highest BCUT2D eigenvalue weighted by Gasteiger charge is 2.19. The van der Waals surface area contributed by atoms with Crippen LogP contribution >= 0.6 is 11.3 Å². The number of fused-ring (bicyclic) bond motifs is 6. The summed E-state index contributed by atoms with van der Waals surface area (Å²) in [5.41, 5.74) is 8.45. The molecule has 0 fully saturated rings. The number of nitrogens with zero attached hydrogens (tertiary/aromatic N) is 3. The fraction of sp³-hybridized carbons (Fsp3) is 0. The van der Waals surface area contributed by atoms with Crippen LogP contribution in [-0.4, -0.2) is 14.5 Å². The van der Waals surface area contributed by atoms with E-state index in [-0.39, 0.29) is 0 Å². The van der Waals surface area contributed by atoms with Crippen molar-refractivity contribution in [2.45, 2.75) is 0 Å². The molecule has 3 aromatic heterocycles. The molecule has 0 saturated heterocycles. The lowest BCUT2D eigenvalue weighted by Gasteiger charge is -2.12. The molecule has 0 amide bonds. The second kappa shape index (κ2) is 10.0. The molecule has 9 aromatic rings. The Morgan fingerprint density at radius 3 is 1.84 bits per heavy atom. The number of hydrogen-bond donors (Lipinski definition) is 0. The molecule has 3 heterocycles. The lowest BCUT2D eigenvalue weighted by Crippen LogP contribution is -2.04. The van der Waals surface area contributed by atoms with Gasteiger partial charge in [0.25, 0.3) is 0 Å². The standard InChI is InChI=1S/C40H25N3S/c1-3-12-26(13-4-1)28-16-11-17-29(22-28)35-24-34(27-14-5-2-6-15-27)41-40(42-35)43-36-20-9-7-18-30(36)32-23-33-31-19-8-10-21-38(31)44-39(33)25-37(32)43/h1-25H. The van der Waals surface area contributed by atoms with Gasteiger partial charge in [-0.3, -0.25) is 4.57 Å². The predicted octanol–water partition coefficient (Wildman–Crippen LogP) is 10.9. The van der Waals surface area contributed by atoms with Crippen LogP contribution in [0.25, 0.3) is 81.6 Å². The number of para-hydroxylation sites is 1. The summed E-state index contributed by atoms with van der Waals surface area (Å²) in [6.07, 6.45) is 0. The van der Waals surface area contributed by atoms with Gasteiger partial charge in [0.05, 0.1) is 22.4 Å². The van der Waals surface area contributed by atoms with Crippen LogP contribution in [-0.2, 0) is 0 Å². The van der Waals surface area contributed by atoms with E-state index < -0.39 is 0 Å². The molecule has 0 bridgehead atoms. The van der Waals surface area contributed by atoms with Crippen LogP contribution in [0.1, 0.15) is 0 Å². The van der Waals surface area contributed by atoms with Gasteiger partial charge in [-0.2, -0.15) is 0 Å². The number of thiophene rings is 1. The number of aromatic nitrogens is 3. The van der Waals surface area contributed by atoms with E-state index in [9.17, 15) is 0 Å². The Balaban J connectivity index is 1.33. The quantitative estimate of drug-likeness (QED) is 0.208. The smallest absolute Gasteiger partial charge is 0.235 e. The molecule has 3 nitrogen and oxygen atoms in total. The zero-order valence-electron chi connectivity index (χ0n) is 23.7. The SMILES string of the molecule is c1ccc(-c2cccc(-c3cc(-c4ccccc4)nc(-n4c5ccccc5c5cc6c(cc54)sc4ccccc46)n3)c2)cc1. The molecular weight excluding hydrogens is 555 g/mol. The van der Waals surface area contributed by atoms with E-state index in [4.69, 9.17) is 9.97 Å². The number of benzene rings is 6. The fourth-order valence-electron chi connectivity index (χ4n) is 6.33. The minimum Gasteiger partial charge on any atom is -0.278 e. The summed E-state index contributed by atoms with van der Waals surface area (Å²) in [6.45, 7) is 0. The maximum Gasteiger partial charge on any atom is 0.235 e. The summed E-state index contributed by atoms with van der Waals surface area (Å²) >= 11 is 1.84. The highest BCUT2D eigenvalue weighted by molar-refractivity contribution is 7.25. The average Bonchev–Trinajstić information content (AvgIpc) is 3.62. The van der Waals surface area contributed by atoms with Gasteiger partial charge in [0.1, 0.15) is 0 Å². The first-order chi connectivity index (χ1) is 21.8. The largest absolute Gasteiger partial charge is 0.278 e. The minimum absolute atomic E-state index is 0.665. The van der Waals surface area contributed by atoms with E-state index in [1.165, 1.54) is 36.5 Å². The Labute approximate surface area is 258 Å². The summed E-state index contributed by atoms with van der Waals surface area (Å²) in [4.78, 5) is 10.5. The van der Waals surface area contributed by atoms with Crippen LogP contribution in [0, 0.1) is 0 Å². The summed E-state index contributed by atoms with van der Waals surface area (Å²) in [5.74, 6) is 0.665. The second-order valence-electron chi connectivity index (χ2n) is 11.1. The van der Waals surface area contributed by atoms with Gasteiger partial charge in [0.15, 0.2) is 0 Å². The van der Waals surface area contributed by atoms with E-state index >= 15 is 0 Å². The third kappa shape index (κ3) is 4.03. The third-order valence-corrected chi connectivity index (χ3v) is 9.55. The van der Waals surface area contributed by atoms with Crippen molar-refractivity contribution in [2.24, 2.45) is 0 Å². The molecule has 0 saturated carbocycles. The Morgan fingerprint density at radius 1 is 0.386 bits per heavy atom. The topological polar surface area (TPSA) is 30.7 Å². The molecule has 0 aliphatic heterocycles. The average molecular weight is 580 g/mol. The summed E-state index contributed by atoms with van der Waals surface area (Å²) < 4.78 is 4.80. The zero-order chi connectivity index (χ0) is 29.0. The van der Waals surface area contributed by atoms with E-state index in [1.54, 1.807) is 0 Å².